The van der Waals surface area contributed by atoms with Crippen LogP contribution in [0.2, 0.25) is 0 Å². The Kier molecular flexibility index (Phi) is 15.8. The van der Waals surface area contributed by atoms with Crippen molar-refractivity contribution in [3.8, 4) is 0 Å². The van der Waals surface area contributed by atoms with Crippen LogP contribution in [-0.4, -0.2) is 0 Å². The van der Waals surface area contributed by atoms with Crippen molar-refractivity contribution in [2.75, 3.05) is 5.32 Å². The highest BCUT2D eigenvalue weighted by Crippen LogP contribution is 2.43. The Hall–Kier alpha value is -2.97. The van der Waals surface area contributed by atoms with Crippen LogP contribution in [0.3, 0.4) is 0 Å². The zero-order valence-corrected chi connectivity index (χ0v) is 22.4. The second-order valence-electron chi connectivity index (χ2n) is 8.99. The van der Waals surface area contributed by atoms with Crippen LogP contribution in [0.1, 0.15) is 41.5 Å². The molecule has 0 amide bonds. The molecular formula is C32H41NS. The highest BCUT2D eigenvalue weighted by Gasteiger charge is 2.13. The van der Waals surface area contributed by atoms with Crippen LogP contribution >= 0.6 is 11.8 Å². The predicted molar refractivity (Wildman–Crippen MR) is 154 cm³/mol. The van der Waals surface area contributed by atoms with E-state index in [9.17, 15) is 0 Å². The molecule has 0 bridgehead atoms. The topological polar surface area (TPSA) is 12.0 Å². The molecule has 1 aliphatic rings. The van der Waals surface area contributed by atoms with E-state index in [1.807, 2.05) is 84.6 Å². The molecule has 0 aliphatic carbocycles. The molecule has 0 saturated heterocycles. The molecule has 1 N–H and O–H groups in total. The van der Waals surface area contributed by atoms with Gasteiger partial charge in [-0.3, -0.25) is 0 Å². The van der Waals surface area contributed by atoms with Gasteiger partial charge in [-0.25, -0.2) is 0 Å². The largest absolute Gasteiger partial charge is 0.354 e. The summed E-state index contributed by atoms with van der Waals surface area (Å²) in [4.78, 5) is 2.59. The summed E-state index contributed by atoms with van der Waals surface area (Å²) >= 11 is 1.82. The SMILES string of the molecule is CC(C)C.CC(C)C.c1ccc2c(c1)Nc1ccccc1S2.c1ccccc1.c1ccccc1. The monoisotopic (exact) mass is 471 g/mol. The van der Waals surface area contributed by atoms with Gasteiger partial charge in [-0.1, -0.05) is 150 Å². The van der Waals surface area contributed by atoms with Crippen molar-refractivity contribution in [3.63, 3.8) is 0 Å². The minimum absolute atomic E-state index is 0.833. The fraction of sp³-hybridized carbons (Fsp3) is 0.250. The third kappa shape index (κ3) is 15.0. The van der Waals surface area contributed by atoms with Crippen LogP contribution in [0.25, 0.3) is 0 Å². The standard InChI is InChI=1S/C12H9NS.2C6H6.2C4H10/c1-3-7-11-9(5-1)13-10-6-2-4-8-12(10)14-11;2*1-2-4-6-5-3-1;2*1-4(2)3/h1-8,13H;2*1-6H;2*4H,1-3H3. The second kappa shape index (κ2) is 18.5. The van der Waals surface area contributed by atoms with Crippen molar-refractivity contribution in [1.82, 2.24) is 0 Å². The molecule has 4 aromatic carbocycles. The number of hydrogen-bond donors (Lipinski definition) is 1. The third-order valence-electron chi connectivity index (χ3n) is 3.60. The van der Waals surface area contributed by atoms with E-state index in [1.165, 1.54) is 21.2 Å². The zero-order valence-electron chi connectivity index (χ0n) is 21.6. The van der Waals surface area contributed by atoms with Crippen LogP contribution in [0, 0.1) is 11.8 Å². The molecule has 0 spiro atoms. The quantitative estimate of drug-likeness (QED) is 0.241. The van der Waals surface area contributed by atoms with Gasteiger partial charge in [0.25, 0.3) is 0 Å². The van der Waals surface area contributed by atoms with Gasteiger partial charge in [-0.05, 0) is 36.1 Å². The first-order valence-electron chi connectivity index (χ1n) is 12.0. The van der Waals surface area contributed by atoms with Crippen LogP contribution < -0.4 is 5.32 Å². The van der Waals surface area contributed by atoms with Gasteiger partial charge in [-0.2, -0.15) is 0 Å². The number of nitrogens with one attached hydrogen (secondary N) is 1. The van der Waals surface area contributed by atoms with Crippen LogP contribution in [-0.2, 0) is 0 Å². The van der Waals surface area contributed by atoms with E-state index >= 15 is 0 Å². The molecule has 1 aliphatic heterocycles. The molecule has 0 saturated carbocycles. The smallest absolute Gasteiger partial charge is 0.0526 e. The Bertz CT molecular complexity index is 798. The molecule has 0 fully saturated rings. The van der Waals surface area contributed by atoms with E-state index < -0.39 is 0 Å². The summed E-state index contributed by atoms with van der Waals surface area (Å²) in [6.45, 7) is 13.0. The summed E-state index contributed by atoms with van der Waals surface area (Å²) in [5.74, 6) is 1.67. The van der Waals surface area contributed by atoms with Gasteiger partial charge in [-0.15, -0.1) is 0 Å². The Balaban J connectivity index is 0.000000243. The summed E-state index contributed by atoms with van der Waals surface area (Å²) in [5, 5.41) is 3.42. The van der Waals surface area contributed by atoms with Gasteiger partial charge in [0.1, 0.15) is 0 Å². The molecular weight excluding hydrogens is 430 g/mol. The number of anilines is 2. The zero-order chi connectivity index (χ0) is 25.0. The molecule has 0 aromatic heterocycles. The minimum Gasteiger partial charge on any atom is -0.354 e. The Morgan fingerprint density at radius 1 is 0.412 bits per heavy atom. The van der Waals surface area contributed by atoms with Crippen molar-refractivity contribution in [1.29, 1.82) is 0 Å². The molecule has 5 rings (SSSR count). The van der Waals surface area contributed by atoms with Crippen LogP contribution in [0.5, 0.6) is 0 Å². The number of benzene rings is 4. The van der Waals surface area contributed by atoms with E-state index in [0.717, 1.165) is 11.8 Å². The highest BCUT2D eigenvalue weighted by atomic mass is 32.2. The first kappa shape index (κ1) is 29.1. The average molecular weight is 472 g/mol. The maximum Gasteiger partial charge on any atom is 0.0526 e. The van der Waals surface area contributed by atoms with Crippen LogP contribution in [0.15, 0.2) is 131 Å². The van der Waals surface area contributed by atoms with Crippen molar-refractivity contribution in [2.24, 2.45) is 11.8 Å². The van der Waals surface area contributed by atoms with Gasteiger partial charge >= 0.3 is 0 Å². The van der Waals surface area contributed by atoms with E-state index in [4.69, 9.17) is 0 Å². The lowest BCUT2D eigenvalue weighted by Gasteiger charge is -2.19. The lowest BCUT2D eigenvalue weighted by molar-refractivity contribution is 0.736. The summed E-state index contributed by atoms with van der Waals surface area (Å²) in [5.41, 5.74) is 2.41. The lowest BCUT2D eigenvalue weighted by Crippen LogP contribution is -1.98. The molecule has 1 nitrogen and oxygen atoms in total. The molecule has 2 heteroatoms. The van der Waals surface area contributed by atoms with Crippen molar-refractivity contribution in [3.05, 3.63) is 121 Å². The van der Waals surface area contributed by atoms with Gasteiger partial charge in [0.15, 0.2) is 0 Å². The Morgan fingerprint density at radius 2 is 0.647 bits per heavy atom. The number of para-hydroxylation sites is 2. The van der Waals surface area contributed by atoms with E-state index in [2.05, 4.69) is 95.4 Å². The lowest BCUT2D eigenvalue weighted by atomic mass is 10.2. The van der Waals surface area contributed by atoms with E-state index in [1.54, 1.807) is 0 Å². The predicted octanol–water partition coefficient (Wildman–Crippen LogP) is 10.6. The fourth-order valence-corrected chi connectivity index (χ4v) is 3.34. The van der Waals surface area contributed by atoms with Crippen molar-refractivity contribution in [2.45, 2.75) is 51.3 Å². The molecule has 34 heavy (non-hydrogen) atoms. The average Bonchev–Trinajstić information content (AvgIpc) is 2.85. The van der Waals surface area contributed by atoms with Crippen molar-refractivity contribution < 1.29 is 0 Å². The maximum atomic E-state index is 3.42. The first-order valence-corrected chi connectivity index (χ1v) is 12.8. The summed E-state index contributed by atoms with van der Waals surface area (Å²) < 4.78 is 0. The molecule has 0 radical (unpaired) electrons. The van der Waals surface area contributed by atoms with Gasteiger partial charge in [0.05, 0.1) is 11.4 Å². The van der Waals surface area contributed by atoms with Gasteiger partial charge in [0.2, 0.25) is 0 Å². The fourth-order valence-electron chi connectivity index (χ4n) is 2.35. The van der Waals surface area contributed by atoms with Gasteiger partial charge in [0, 0.05) is 9.79 Å². The number of rotatable bonds is 0. The Labute approximate surface area is 212 Å². The Morgan fingerprint density at radius 3 is 0.912 bits per heavy atom. The first-order chi connectivity index (χ1) is 16.4. The molecule has 4 aromatic rings. The van der Waals surface area contributed by atoms with Gasteiger partial charge < -0.3 is 5.32 Å². The molecule has 0 unspecified atom stereocenters. The molecule has 180 valence electrons. The maximum absolute atomic E-state index is 3.42. The number of hydrogen-bond acceptors (Lipinski definition) is 2. The second-order valence-corrected chi connectivity index (χ2v) is 10.1. The molecule has 1 heterocycles. The normalized spacial score (nSPS) is 10.1. The third-order valence-corrected chi connectivity index (χ3v) is 4.75. The number of fused-ring (bicyclic) bond motifs is 2. The van der Waals surface area contributed by atoms with E-state index in [-0.39, 0.29) is 0 Å². The summed E-state index contributed by atoms with van der Waals surface area (Å²) in [6.07, 6.45) is 0. The van der Waals surface area contributed by atoms with Crippen molar-refractivity contribution >= 4 is 23.1 Å². The highest BCUT2D eigenvalue weighted by molar-refractivity contribution is 7.99. The molecule has 0 atom stereocenters. The summed E-state index contributed by atoms with van der Waals surface area (Å²) in [6, 6.07) is 40.8. The van der Waals surface area contributed by atoms with E-state index in [0.29, 0.717) is 0 Å². The minimum atomic E-state index is 0.833. The summed E-state index contributed by atoms with van der Waals surface area (Å²) in [7, 11) is 0. The van der Waals surface area contributed by atoms with Crippen LogP contribution in [0.4, 0.5) is 11.4 Å².